The van der Waals surface area contributed by atoms with E-state index in [0.29, 0.717) is 0 Å². The lowest BCUT2D eigenvalue weighted by atomic mass is 10.1. The van der Waals surface area contributed by atoms with Gasteiger partial charge in [-0.25, -0.2) is 0 Å². The van der Waals surface area contributed by atoms with E-state index in [0.717, 1.165) is 12.8 Å². The summed E-state index contributed by atoms with van der Waals surface area (Å²) in [6, 6.07) is 10.6. The van der Waals surface area contributed by atoms with Crippen molar-refractivity contribution in [2.45, 2.75) is 19.8 Å². The normalized spacial score (nSPS) is 10.8. The molecule has 0 N–H and O–H groups in total. The minimum absolute atomic E-state index is 1.13. The van der Waals surface area contributed by atoms with Crippen LogP contribution >= 0.6 is 0 Å². The lowest BCUT2D eigenvalue weighted by Crippen LogP contribution is -1.83. The van der Waals surface area contributed by atoms with Crippen LogP contribution in [-0.2, 0) is 6.42 Å². The van der Waals surface area contributed by atoms with E-state index in [1.807, 2.05) is 6.92 Å². The molecule has 0 nitrogen and oxygen atoms in total. The zero-order chi connectivity index (χ0) is 8.65. The van der Waals surface area contributed by atoms with Gasteiger partial charge in [-0.1, -0.05) is 42.5 Å². The Morgan fingerprint density at radius 3 is 2.58 bits per heavy atom. The highest BCUT2D eigenvalue weighted by molar-refractivity contribution is 5.15. The monoisotopic (exact) mass is 159 g/mol. The quantitative estimate of drug-likeness (QED) is 0.591. The number of hydrogen-bond acceptors (Lipinski definition) is 0. The van der Waals surface area contributed by atoms with Crippen LogP contribution in [0.25, 0.3) is 0 Å². The largest absolute Gasteiger partial charge is 0.0914 e. The molecule has 0 aliphatic rings. The zero-order valence-electron chi connectivity index (χ0n) is 7.53. The summed E-state index contributed by atoms with van der Waals surface area (Å²) in [4.78, 5) is 0. The summed E-state index contributed by atoms with van der Waals surface area (Å²) in [5, 5.41) is 0. The SMILES string of the molecule is C/C=C/[CH]CCc1ccccc1. The third-order valence-corrected chi connectivity index (χ3v) is 1.77. The van der Waals surface area contributed by atoms with E-state index in [2.05, 4.69) is 48.9 Å². The van der Waals surface area contributed by atoms with Crippen LogP contribution in [0.15, 0.2) is 42.5 Å². The van der Waals surface area contributed by atoms with E-state index in [4.69, 9.17) is 0 Å². The molecule has 0 aliphatic carbocycles. The molecule has 0 amide bonds. The molecule has 0 heteroatoms. The minimum atomic E-state index is 1.13. The number of benzene rings is 1. The second kappa shape index (κ2) is 5.59. The van der Waals surface area contributed by atoms with Crippen molar-refractivity contribution in [2.24, 2.45) is 0 Å². The molecule has 1 radical (unpaired) electrons. The molecule has 0 saturated heterocycles. The summed E-state index contributed by atoms with van der Waals surface area (Å²) in [5.74, 6) is 0. The molecular weight excluding hydrogens is 144 g/mol. The molecule has 1 aromatic rings. The van der Waals surface area contributed by atoms with E-state index >= 15 is 0 Å². The minimum Gasteiger partial charge on any atom is -0.0914 e. The van der Waals surface area contributed by atoms with Gasteiger partial charge in [0.2, 0.25) is 0 Å². The third-order valence-electron chi connectivity index (χ3n) is 1.77. The van der Waals surface area contributed by atoms with E-state index < -0.39 is 0 Å². The first-order valence-electron chi connectivity index (χ1n) is 4.42. The summed E-state index contributed by atoms with van der Waals surface area (Å²) in [5.41, 5.74) is 1.42. The van der Waals surface area contributed by atoms with Gasteiger partial charge in [0.15, 0.2) is 0 Å². The van der Waals surface area contributed by atoms with Crippen molar-refractivity contribution in [1.29, 1.82) is 0 Å². The maximum atomic E-state index is 2.20. The van der Waals surface area contributed by atoms with Gasteiger partial charge in [0.1, 0.15) is 0 Å². The predicted octanol–water partition coefficient (Wildman–Crippen LogP) is 3.40. The molecule has 0 aromatic heterocycles. The highest BCUT2D eigenvalue weighted by Crippen LogP contribution is 2.03. The molecule has 0 atom stereocenters. The van der Waals surface area contributed by atoms with E-state index in [1.165, 1.54) is 5.56 Å². The van der Waals surface area contributed by atoms with Crippen molar-refractivity contribution in [3.63, 3.8) is 0 Å². The first-order valence-corrected chi connectivity index (χ1v) is 4.42. The molecule has 0 heterocycles. The Bertz CT molecular complexity index is 221. The van der Waals surface area contributed by atoms with Gasteiger partial charge in [-0.3, -0.25) is 0 Å². The third kappa shape index (κ3) is 3.38. The van der Waals surface area contributed by atoms with Crippen molar-refractivity contribution in [3.05, 3.63) is 54.5 Å². The molecule has 1 aromatic carbocycles. The van der Waals surface area contributed by atoms with Crippen LogP contribution in [0.1, 0.15) is 18.9 Å². The Labute approximate surface area is 74.9 Å². The van der Waals surface area contributed by atoms with Gasteiger partial charge in [0.25, 0.3) is 0 Å². The molecule has 0 saturated carbocycles. The average molecular weight is 159 g/mol. The fraction of sp³-hybridized carbons (Fsp3) is 0.250. The van der Waals surface area contributed by atoms with Crippen LogP contribution in [0.2, 0.25) is 0 Å². The highest BCUT2D eigenvalue weighted by atomic mass is 13.9. The molecular formula is C12H15. The van der Waals surface area contributed by atoms with Gasteiger partial charge in [-0.2, -0.15) is 0 Å². The zero-order valence-corrected chi connectivity index (χ0v) is 7.53. The number of hydrogen-bond donors (Lipinski definition) is 0. The first kappa shape index (κ1) is 9.05. The molecule has 0 unspecified atom stereocenters. The Morgan fingerprint density at radius 1 is 1.17 bits per heavy atom. The van der Waals surface area contributed by atoms with Crippen LogP contribution in [0, 0.1) is 6.42 Å². The fourth-order valence-corrected chi connectivity index (χ4v) is 1.13. The van der Waals surface area contributed by atoms with Gasteiger partial charge in [-0.15, -0.1) is 0 Å². The Morgan fingerprint density at radius 2 is 1.92 bits per heavy atom. The van der Waals surface area contributed by atoms with Crippen molar-refractivity contribution in [1.82, 2.24) is 0 Å². The van der Waals surface area contributed by atoms with Crippen molar-refractivity contribution >= 4 is 0 Å². The number of aryl methyl sites for hydroxylation is 1. The topological polar surface area (TPSA) is 0 Å². The predicted molar refractivity (Wildman–Crippen MR) is 53.9 cm³/mol. The van der Waals surface area contributed by atoms with Gasteiger partial charge < -0.3 is 0 Å². The van der Waals surface area contributed by atoms with E-state index in [1.54, 1.807) is 0 Å². The number of unbranched alkanes of at least 4 members (excludes halogenated alkanes) is 1. The lowest BCUT2D eigenvalue weighted by Gasteiger charge is -1.97. The van der Waals surface area contributed by atoms with Crippen LogP contribution in [0.4, 0.5) is 0 Å². The second-order valence-electron chi connectivity index (χ2n) is 2.79. The molecule has 63 valence electrons. The lowest BCUT2D eigenvalue weighted by molar-refractivity contribution is 0.961. The first-order chi connectivity index (χ1) is 5.93. The highest BCUT2D eigenvalue weighted by Gasteiger charge is 1.88. The number of allylic oxidation sites excluding steroid dienone is 2. The van der Waals surface area contributed by atoms with Gasteiger partial charge in [-0.05, 0) is 31.7 Å². The van der Waals surface area contributed by atoms with Crippen LogP contribution in [-0.4, -0.2) is 0 Å². The summed E-state index contributed by atoms with van der Waals surface area (Å²) in [6.45, 7) is 2.04. The second-order valence-corrected chi connectivity index (χ2v) is 2.79. The van der Waals surface area contributed by atoms with Crippen LogP contribution in [0.5, 0.6) is 0 Å². The summed E-state index contributed by atoms with van der Waals surface area (Å²) in [6.07, 6.45) is 8.64. The molecule has 12 heavy (non-hydrogen) atoms. The molecule has 0 aliphatic heterocycles. The van der Waals surface area contributed by atoms with E-state index in [-0.39, 0.29) is 0 Å². The fourth-order valence-electron chi connectivity index (χ4n) is 1.13. The maximum absolute atomic E-state index is 2.20. The standard InChI is InChI=1S/C12H15/c1-2-3-4-6-9-12-10-7-5-8-11-12/h2-5,7-8,10-11H,6,9H2,1H3/b3-2+. The van der Waals surface area contributed by atoms with Crippen molar-refractivity contribution in [3.8, 4) is 0 Å². The van der Waals surface area contributed by atoms with Gasteiger partial charge in [0, 0.05) is 0 Å². The molecule has 0 bridgehead atoms. The number of rotatable bonds is 4. The van der Waals surface area contributed by atoms with Crippen molar-refractivity contribution < 1.29 is 0 Å². The Balaban J connectivity index is 2.24. The maximum Gasteiger partial charge on any atom is -0.0167 e. The smallest absolute Gasteiger partial charge is 0.0167 e. The molecule has 0 spiro atoms. The Hall–Kier alpha value is -1.04. The summed E-state index contributed by atoms with van der Waals surface area (Å²) >= 11 is 0. The summed E-state index contributed by atoms with van der Waals surface area (Å²) in [7, 11) is 0. The molecule has 0 fully saturated rings. The molecule has 1 rings (SSSR count). The van der Waals surface area contributed by atoms with Crippen molar-refractivity contribution in [2.75, 3.05) is 0 Å². The van der Waals surface area contributed by atoms with Crippen LogP contribution in [0.3, 0.4) is 0 Å². The average Bonchev–Trinajstić information content (AvgIpc) is 2.14. The van der Waals surface area contributed by atoms with E-state index in [9.17, 15) is 0 Å². The summed E-state index contributed by atoms with van der Waals surface area (Å²) < 4.78 is 0. The Kier molecular flexibility index (Phi) is 4.22. The van der Waals surface area contributed by atoms with Gasteiger partial charge >= 0.3 is 0 Å². The van der Waals surface area contributed by atoms with Crippen LogP contribution < -0.4 is 0 Å². The van der Waals surface area contributed by atoms with Gasteiger partial charge in [0.05, 0.1) is 0 Å².